The summed E-state index contributed by atoms with van der Waals surface area (Å²) in [4.78, 5) is 4.08. The molecule has 0 amide bonds. The lowest BCUT2D eigenvalue weighted by Gasteiger charge is -2.33. The van der Waals surface area contributed by atoms with Gasteiger partial charge in [0.2, 0.25) is 15.9 Å². The third kappa shape index (κ3) is 5.97. The van der Waals surface area contributed by atoms with Crippen LogP contribution >= 0.6 is 0 Å². The lowest BCUT2D eigenvalue weighted by Crippen LogP contribution is -2.43. The summed E-state index contributed by atoms with van der Waals surface area (Å²) in [5.41, 5.74) is 4.65. The third-order valence-corrected chi connectivity index (χ3v) is 8.27. The molecular weight excluding hydrogens is 529 g/mol. The molecule has 1 aromatic heterocycles. The Labute approximate surface area is 232 Å². The van der Waals surface area contributed by atoms with Crippen molar-refractivity contribution in [3.05, 3.63) is 108 Å². The van der Waals surface area contributed by atoms with Gasteiger partial charge < -0.3 is 15.4 Å². The van der Waals surface area contributed by atoms with Gasteiger partial charge in [-0.15, -0.1) is 0 Å². The van der Waals surface area contributed by atoms with Gasteiger partial charge >= 0.3 is 0 Å². The normalized spacial score (nSPS) is 15.3. The first-order valence-corrected chi connectivity index (χ1v) is 14.3. The van der Waals surface area contributed by atoms with Crippen LogP contribution in [0.2, 0.25) is 0 Å². The Morgan fingerprint density at radius 2 is 1.88 bits per heavy atom. The van der Waals surface area contributed by atoms with Crippen LogP contribution in [0.3, 0.4) is 0 Å². The van der Waals surface area contributed by atoms with Crippen LogP contribution in [-0.4, -0.2) is 39.6 Å². The van der Waals surface area contributed by atoms with Crippen molar-refractivity contribution >= 4 is 15.7 Å². The molecule has 3 aromatic carbocycles. The molecule has 2 atom stereocenters. The number of nitrogens with zero attached hydrogens (tertiary/aromatic N) is 2. The predicted octanol–water partition coefficient (Wildman–Crippen LogP) is 4.41. The molecule has 0 unspecified atom stereocenters. The van der Waals surface area contributed by atoms with Crippen LogP contribution in [-0.2, 0) is 16.4 Å². The number of aromatic nitrogens is 1. The van der Waals surface area contributed by atoms with Crippen LogP contribution in [0.4, 0.5) is 10.1 Å². The molecule has 0 bridgehead atoms. The molecule has 0 radical (unpaired) electrons. The Hall–Kier alpha value is -4.30. The molecule has 4 aromatic rings. The summed E-state index contributed by atoms with van der Waals surface area (Å²) in [6.45, 7) is 1.21. The first-order valence-electron chi connectivity index (χ1n) is 12.8. The molecule has 5 rings (SSSR count). The molecule has 0 aliphatic carbocycles. The lowest BCUT2D eigenvalue weighted by atomic mass is 9.99. The topological polar surface area (TPSA) is 116 Å². The van der Waals surface area contributed by atoms with E-state index in [-0.39, 0.29) is 12.1 Å². The Bertz CT molecular complexity index is 1640. The van der Waals surface area contributed by atoms with Gasteiger partial charge in [0.25, 0.3) is 0 Å². The molecule has 204 valence electrons. The fourth-order valence-corrected chi connectivity index (χ4v) is 5.45. The number of nitriles is 1. The first kappa shape index (κ1) is 27.3. The van der Waals surface area contributed by atoms with E-state index in [1.54, 1.807) is 12.3 Å². The minimum absolute atomic E-state index is 0.113. The zero-order valence-corrected chi connectivity index (χ0v) is 22.6. The number of sulfonamides is 1. The van der Waals surface area contributed by atoms with Gasteiger partial charge in [-0.1, -0.05) is 48.5 Å². The minimum Gasteiger partial charge on any atom is -0.469 e. The maximum absolute atomic E-state index is 14.6. The quantitative estimate of drug-likeness (QED) is 0.279. The highest BCUT2D eigenvalue weighted by molar-refractivity contribution is 7.89. The van der Waals surface area contributed by atoms with E-state index in [1.165, 1.54) is 19.2 Å². The second-order valence-corrected chi connectivity index (χ2v) is 11.2. The second-order valence-electron chi connectivity index (χ2n) is 9.37. The van der Waals surface area contributed by atoms with Gasteiger partial charge in [-0.2, -0.15) is 5.26 Å². The Morgan fingerprint density at radius 1 is 1.10 bits per heavy atom. The van der Waals surface area contributed by atoms with E-state index in [1.807, 2.05) is 48.5 Å². The van der Waals surface area contributed by atoms with Crippen molar-refractivity contribution < 1.29 is 17.5 Å². The summed E-state index contributed by atoms with van der Waals surface area (Å²) in [5, 5.41) is 16.0. The summed E-state index contributed by atoms with van der Waals surface area (Å²) in [5.74, 6) is -0.406. The lowest BCUT2D eigenvalue weighted by molar-refractivity contribution is 0.150. The van der Waals surface area contributed by atoms with Gasteiger partial charge in [-0.25, -0.2) is 22.5 Å². The van der Waals surface area contributed by atoms with Gasteiger partial charge in [0.05, 0.1) is 29.9 Å². The highest BCUT2D eigenvalue weighted by Crippen LogP contribution is 2.34. The smallest absolute Gasteiger partial charge is 0.243 e. The van der Waals surface area contributed by atoms with Crippen LogP contribution in [0.1, 0.15) is 22.7 Å². The molecule has 10 heteroatoms. The van der Waals surface area contributed by atoms with E-state index in [4.69, 9.17) is 10.00 Å². The number of hydrogen-bond donors (Lipinski definition) is 3. The number of anilines is 1. The largest absolute Gasteiger partial charge is 0.469 e. The third-order valence-electron chi connectivity index (χ3n) is 6.82. The molecule has 0 saturated carbocycles. The molecule has 2 heterocycles. The number of ether oxygens (including phenoxy) is 1. The van der Waals surface area contributed by atoms with Gasteiger partial charge in [-0.05, 0) is 67.0 Å². The van der Waals surface area contributed by atoms with Crippen molar-refractivity contribution in [1.29, 1.82) is 5.26 Å². The van der Waals surface area contributed by atoms with Crippen molar-refractivity contribution in [2.45, 2.75) is 23.5 Å². The van der Waals surface area contributed by atoms with E-state index in [2.05, 4.69) is 38.5 Å². The van der Waals surface area contributed by atoms with Crippen LogP contribution < -0.4 is 20.1 Å². The maximum atomic E-state index is 14.6. The van der Waals surface area contributed by atoms with Gasteiger partial charge in [0.15, 0.2) is 0 Å². The number of hydrogen-bond acceptors (Lipinski definition) is 7. The number of benzene rings is 3. The molecule has 3 N–H and O–H groups in total. The second kappa shape index (κ2) is 11.8. The Balaban J connectivity index is 1.32. The number of fused-ring (bicyclic) bond motifs is 1. The number of rotatable bonds is 9. The van der Waals surface area contributed by atoms with Crippen molar-refractivity contribution in [2.24, 2.45) is 0 Å². The SMILES string of the molecule is CNS(=O)(=O)c1ccc(-c2cnc3c(c2)NC[C@@H]([C@H](NCCc2ccc(C#N)cc2)c2ccccc2)O3)cc1F. The van der Waals surface area contributed by atoms with E-state index in [0.29, 0.717) is 41.3 Å². The molecular formula is C30H28FN5O3S. The van der Waals surface area contributed by atoms with E-state index in [9.17, 15) is 12.8 Å². The van der Waals surface area contributed by atoms with Gasteiger partial charge in [-0.3, -0.25) is 0 Å². The molecule has 1 aliphatic heterocycles. The Kier molecular flexibility index (Phi) is 8.07. The maximum Gasteiger partial charge on any atom is 0.243 e. The standard InChI is InChI=1S/C30H28FN5O3S/c1-33-40(37,38)28-12-11-23(15-25(28)31)24-16-26-30(36-18-24)39-27(19-35-26)29(22-5-3-2-4-6-22)34-14-13-20-7-9-21(17-32)10-8-20/h2-12,15-16,18,27,29,33-35H,13-14,19H2,1H3/t27-,29+/m0/s1. The van der Waals surface area contributed by atoms with Crippen molar-refractivity contribution in [1.82, 2.24) is 15.0 Å². The van der Waals surface area contributed by atoms with E-state index >= 15 is 0 Å². The summed E-state index contributed by atoms with van der Waals surface area (Å²) in [6, 6.07) is 25.5. The molecule has 0 fully saturated rings. The zero-order valence-electron chi connectivity index (χ0n) is 21.8. The monoisotopic (exact) mass is 557 g/mol. The van der Waals surface area contributed by atoms with Gasteiger partial charge in [0, 0.05) is 11.8 Å². The average molecular weight is 558 g/mol. The van der Waals surface area contributed by atoms with E-state index in [0.717, 1.165) is 17.5 Å². The van der Waals surface area contributed by atoms with Crippen LogP contribution in [0.15, 0.2) is 90.0 Å². The summed E-state index contributed by atoms with van der Waals surface area (Å²) in [7, 11) is -2.66. The summed E-state index contributed by atoms with van der Waals surface area (Å²) >= 11 is 0. The number of pyridine rings is 1. The van der Waals surface area contributed by atoms with Crippen molar-refractivity contribution in [3.63, 3.8) is 0 Å². The number of nitrogens with one attached hydrogen (secondary N) is 3. The molecule has 1 aliphatic rings. The van der Waals surface area contributed by atoms with Crippen LogP contribution in [0.25, 0.3) is 11.1 Å². The van der Waals surface area contributed by atoms with Crippen LogP contribution in [0, 0.1) is 17.1 Å². The highest BCUT2D eigenvalue weighted by atomic mass is 32.2. The molecule has 40 heavy (non-hydrogen) atoms. The fraction of sp³-hybridized carbons (Fsp3) is 0.200. The summed E-state index contributed by atoms with van der Waals surface area (Å²) in [6.07, 6.45) is 2.12. The summed E-state index contributed by atoms with van der Waals surface area (Å²) < 4.78 is 47.1. The highest BCUT2D eigenvalue weighted by Gasteiger charge is 2.30. The van der Waals surface area contributed by atoms with Gasteiger partial charge in [0.1, 0.15) is 16.8 Å². The predicted molar refractivity (Wildman–Crippen MR) is 151 cm³/mol. The fourth-order valence-electron chi connectivity index (χ4n) is 4.66. The zero-order chi connectivity index (χ0) is 28.1. The molecule has 8 nitrogen and oxygen atoms in total. The Morgan fingerprint density at radius 3 is 2.58 bits per heavy atom. The van der Waals surface area contributed by atoms with Crippen LogP contribution in [0.5, 0.6) is 5.88 Å². The molecule has 0 spiro atoms. The number of halogens is 1. The minimum atomic E-state index is -3.90. The average Bonchev–Trinajstić information content (AvgIpc) is 2.99. The first-order chi connectivity index (χ1) is 19.4. The van der Waals surface area contributed by atoms with E-state index < -0.39 is 20.7 Å². The van der Waals surface area contributed by atoms with Crippen molar-refractivity contribution in [2.75, 3.05) is 25.5 Å². The molecule has 0 saturated heterocycles. The van der Waals surface area contributed by atoms with Crippen molar-refractivity contribution in [3.8, 4) is 23.1 Å².